The number of nitrogens with one attached hydrogen (secondary N) is 1. The van der Waals surface area contributed by atoms with Crippen LogP contribution in [0.5, 0.6) is 0 Å². The summed E-state index contributed by atoms with van der Waals surface area (Å²) in [6.45, 7) is 9.18. The van der Waals surface area contributed by atoms with Gasteiger partial charge >= 0.3 is 6.03 Å². The number of amides is 2. The first-order valence-electron chi connectivity index (χ1n) is 14.2. The molecular weight excluding hydrogens is 456 g/mol. The van der Waals surface area contributed by atoms with Crippen molar-refractivity contribution in [2.45, 2.75) is 91.5 Å². The molecule has 3 N–H and O–H groups in total. The topological polar surface area (TPSA) is 70.7 Å². The van der Waals surface area contributed by atoms with Gasteiger partial charge in [0, 0.05) is 11.3 Å². The summed E-state index contributed by atoms with van der Waals surface area (Å²) in [5.41, 5.74) is 11.2. The molecule has 2 amide bonds. The Morgan fingerprint density at radius 3 is 2.16 bits per heavy atom. The van der Waals surface area contributed by atoms with Gasteiger partial charge in [0.15, 0.2) is 0 Å². The van der Waals surface area contributed by atoms with Crippen LogP contribution in [0.15, 0.2) is 47.6 Å². The molecule has 37 heavy (non-hydrogen) atoms. The van der Waals surface area contributed by atoms with Gasteiger partial charge in [-0.25, -0.2) is 9.80 Å². The predicted molar refractivity (Wildman–Crippen MR) is 154 cm³/mol. The van der Waals surface area contributed by atoms with Crippen LogP contribution in [0.25, 0.3) is 0 Å². The third-order valence-electron chi connectivity index (χ3n) is 8.67. The lowest BCUT2D eigenvalue weighted by Gasteiger charge is -2.46. The van der Waals surface area contributed by atoms with Crippen LogP contribution < -0.4 is 11.1 Å². The van der Waals surface area contributed by atoms with Gasteiger partial charge < -0.3 is 11.1 Å². The van der Waals surface area contributed by atoms with Gasteiger partial charge in [-0.15, -0.1) is 0 Å². The Balaban J connectivity index is 0.000000403. The fourth-order valence-corrected chi connectivity index (χ4v) is 7.18. The summed E-state index contributed by atoms with van der Waals surface area (Å²) in [6.07, 6.45) is 13.0. The fraction of sp³-hybridized carbons (Fsp3) is 0.562. The van der Waals surface area contributed by atoms with Crippen molar-refractivity contribution in [3.63, 3.8) is 0 Å². The van der Waals surface area contributed by atoms with Gasteiger partial charge in [0.05, 0.1) is 17.9 Å². The monoisotopic (exact) mass is 500 g/mol. The highest BCUT2D eigenvalue weighted by Gasteiger charge is 2.42. The number of carbonyl (C=O) groups excluding carboxylic acids is 1. The van der Waals surface area contributed by atoms with Crippen LogP contribution in [0, 0.1) is 22.7 Å². The molecule has 3 fully saturated rings. The van der Waals surface area contributed by atoms with E-state index in [1.54, 1.807) is 24.3 Å². The molecule has 198 valence electrons. The smallest absolute Gasteiger partial charge is 0.342 e. The SMILES string of the molecule is C1CC2CC2C1.CC1(C)CC(N2N=Cc3ccc(CCc4ccc(N)cc4)cc3NC2=O)CC(C)(C)C1. The summed E-state index contributed by atoms with van der Waals surface area (Å²) in [5, 5.41) is 9.41. The molecule has 2 unspecified atom stereocenters. The van der Waals surface area contributed by atoms with E-state index < -0.39 is 0 Å². The van der Waals surface area contributed by atoms with E-state index >= 15 is 0 Å². The molecule has 1 heterocycles. The number of hydrogen-bond donors (Lipinski definition) is 2. The zero-order chi connectivity index (χ0) is 26.2. The standard InChI is InChI=1S/C26H34N4O.C6H10/c1-25(2)14-22(15-26(3,4)17-25)30-24(31)29-23-13-19(7-10-20(23)16-28-30)6-5-18-8-11-21(27)12-9-18;1-2-5-4-6(5)3-1/h7-13,16,22H,5-6,14-15,17,27H2,1-4H3,(H,29,31);5-6H,1-4H2. The van der Waals surface area contributed by atoms with Crippen molar-refractivity contribution >= 4 is 23.6 Å². The van der Waals surface area contributed by atoms with E-state index in [2.05, 4.69) is 68.4 Å². The molecule has 1 aliphatic heterocycles. The number of aryl methyl sites for hydroxylation is 2. The minimum atomic E-state index is -0.135. The lowest BCUT2D eigenvalue weighted by molar-refractivity contribution is 0.0436. The van der Waals surface area contributed by atoms with Crippen molar-refractivity contribution in [1.29, 1.82) is 0 Å². The summed E-state index contributed by atoms with van der Waals surface area (Å²) >= 11 is 0. The first-order valence-corrected chi connectivity index (χ1v) is 14.2. The number of nitrogen functional groups attached to an aromatic ring is 1. The molecule has 3 saturated carbocycles. The van der Waals surface area contributed by atoms with E-state index in [0.29, 0.717) is 0 Å². The minimum Gasteiger partial charge on any atom is -0.399 e. The molecule has 2 aromatic rings. The Kier molecular flexibility index (Phi) is 7.08. The number of hydrazone groups is 1. The average Bonchev–Trinajstić information content (AvgIpc) is 3.46. The lowest BCUT2D eigenvalue weighted by atomic mass is 9.63. The van der Waals surface area contributed by atoms with E-state index in [9.17, 15) is 4.79 Å². The Morgan fingerprint density at radius 2 is 1.57 bits per heavy atom. The van der Waals surface area contributed by atoms with Gasteiger partial charge in [-0.3, -0.25) is 0 Å². The van der Waals surface area contributed by atoms with Crippen molar-refractivity contribution in [3.8, 4) is 0 Å². The maximum atomic E-state index is 13.1. The van der Waals surface area contributed by atoms with Crippen molar-refractivity contribution in [2.75, 3.05) is 11.1 Å². The third kappa shape index (κ3) is 6.55. The number of urea groups is 1. The number of hydrogen-bond acceptors (Lipinski definition) is 3. The van der Waals surface area contributed by atoms with Crippen molar-refractivity contribution < 1.29 is 4.79 Å². The molecule has 5 nitrogen and oxygen atoms in total. The first-order chi connectivity index (χ1) is 17.6. The van der Waals surface area contributed by atoms with Gasteiger partial charge in [-0.1, -0.05) is 71.2 Å². The van der Waals surface area contributed by atoms with E-state index in [4.69, 9.17) is 5.73 Å². The highest BCUT2D eigenvalue weighted by Crippen LogP contribution is 2.51. The fourth-order valence-electron chi connectivity index (χ4n) is 7.18. The van der Waals surface area contributed by atoms with E-state index in [1.165, 1.54) is 29.4 Å². The van der Waals surface area contributed by atoms with E-state index in [0.717, 1.165) is 49.0 Å². The van der Waals surface area contributed by atoms with Crippen LogP contribution in [0.2, 0.25) is 0 Å². The number of nitrogens with two attached hydrogens (primary N) is 1. The summed E-state index contributed by atoms with van der Waals surface area (Å²) in [6, 6.07) is 14.2. The average molecular weight is 501 g/mol. The van der Waals surface area contributed by atoms with Crippen LogP contribution in [-0.4, -0.2) is 23.3 Å². The van der Waals surface area contributed by atoms with Crippen molar-refractivity contribution in [3.05, 3.63) is 59.2 Å². The number of benzene rings is 2. The highest BCUT2D eigenvalue weighted by molar-refractivity contribution is 5.99. The quantitative estimate of drug-likeness (QED) is 0.423. The molecule has 0 radical (unpaired) electrons. The van der Waals surface area contributed by atoms with Crippen LogP contribution in [0.1, 0.15) is 89.3 Å². The maximum Gasteiger partial charge on any atom is 0.342 e. The van der Waals surface area contributed by atoms with Gasteiger partial charge in [0.2, 0.25) is 0 Å². The van der Waals surface area contributed by atoms with Crippen LogP contribution in [0.3, 0.4) is 0 Å². The molecule has 6 rings (SSSR count). The number of rotatable bonds is 4. The Hall–Kier alpha value is -2.82. The molecule has 2 atom stereocenters. The number of fused-ring (bicyclic) bond motifs is 2. The molecule has 2 aromatic carbocycles. The summed E-state index contributed by atoms with van der Waals surface area (Å²) in [4.78, 5) is 13.1. The van der Waals surface area contributed by atoms with E-state index in [1.807, 2.05) is 18.3 Å². The van der Waals surface area contributed by atoms with Crippen LogP contribution >= 0.6 is 0 Å². The molecule has 0 spiro atoms. The largest absolute Gasteiger partial charge is 0.399 e. The van der Waals surface area contributed by atoms with Crippen molar-refractivity contribution in [1.82, 2.24) is 5.01 Å². The molecule has 4 aliphatic rings. The molecule has 0 saturated heterocycles. The Morgan fingerprint density at radius 1 is 0.946 bits per heavy atom. The van der Waals surface area contributed by atoms with Gasteiger partial charge in [-0.2, -0.15) is 5.10 Å². The normalized spacial score (nSPS) is 25.3. The first kappa shape index (κ1) is 25.8. The molecule has 0 bridgehead atoms. The van der Waals surface area contributed by atoms with E-state index in [-0.39, 0.29) is 22.9 Å². The molecule has 5 heteroatoms. The number of carbonyl (C=O) groups is 1. The summed E-state index contributed by atoms with van der Waals surface area (Å²) in [7, 11) is 0. The second-order valence-corrected chi connectivity index (χ2v) is 13.4. The molecule has 3 aliphatic carbocycles. The molecule has 0 aromatic heterocycles. The maximum absolute atomic E-state index is 13.1. The number of nitrogens with zero attached hydrogens (tertiary/aromatic N) is 2. The highest BCUT2D eigenvalue weighted by atomic mass is 16.2. The van der Waals surface area contributed by atoms with Crippen molar-refractivity contribution in [2.24, 2.45) is 27.8 Å². The zero-order valence-corrected chi connectivity index (χ0v) is 23.1. The van der Waals surface area contributed by atoms with Gasteiger partial charge in [0.1, 0.15) is 0 Å². The third-order valence-corrected chi connectivity index (χ3v) is 8.67. The predicted octanol–water partition coefficient (Wildman–Crippen LogP) is 7.65. The number of anilines is 2. The minimum absolute atomic E-state index is 0.106. The van der Waals surface area contributed by atoms with Crippen LogP contribution in [0.4, 0.5) is 16.2 Å². The second-order valence-electron chi connectivity index (χ2n) is 13.4. The Bertz CT molecular complexity index is 1130. The summed E-state index contributed by atoms with van der Waals surface area (Å²) < 4.78 is 0. The zero-order valence-electron chi connectivity index (χ0n) is 23.1. The second kappa shape index (κ2) is 10.2. The summed E-state index contributed by atoms with van der Waals surface area (Å²) in [5.74, 6) is 2.43. The lowest BCUT2D eigenvalue weighted by Crippen LogP contribution is -2.47. The molecular formula is C32H44N4O. The Labute approximate surface area is 222 Å². The van der Waals surface area contributed by atoms with Crippen LogP contribution in [-0.2, 0) is 12.8 Å². The van der Waals surface area contributed by atoms with Gasteiger partial charge in [-0.05, 0) is 90.5 Å². The van der Waals surface area contributed by atoms with Gasteiger partial charge in [0.25, 0.3) is 0 Å².